The maximum Gasteiger partial charge on any atom is 0.120 e. The number of aromatic nitrogens is 2. The summed E-state index contributed by atoms with van der Waals surface area (Å²) in [5.74, 6) is 0.852. The largest absolute Gasteiger partial charge is 0.372 e. The maximum atomic E-state index is 5.21. The second-order valence-electron chi connectivity index (χ2n) is 9.84. The number of rotatable bonds is 7. The maximum absolute atomic E-state index is 5.21. The van der Waals surface area contributed by atoms with E-state index in [4.69, 9.17) is 4.98 Å². The molecule has 0 aliphatic carbocycles. The third-order valence-corrected chi connectivity index (χ3v) is 7.68. The average molecular weight is 480 g/mol. The van der Waals surface area contributed by atoms with Crippen LogP contribution in [-0.2, 0) is 7.05 Å². The highest BCUT2D eigenvalue weighted by molar-refractivity contribution is 7.10. The van der Waals surface area contributed by atoms with Gasteiger partial charge in [0.05, 0.1) is 5.69 Å². The normalized spacial score (nSPS) is 12.5. The van der Waals surface area contributed by atoms with E-state index in [1.54, 1.807) is 11.3 Å². The Hall–Kier alpha value is -3.37. The van der Waals surface area contributed by atoms with Gasteiger partial charge in [0.2, 0.25) is 0 Å². The molecule has 3 nitrogen and oxygen atoms in total. The summed E-state index contributed by atoms with van der Waals surface area (Å²) in [7, 11) is 2.09. The lowest BCUT2D eigenvalue weighted by atomic mass is 9.92. The molecule has 5 aromatic rings. The van der Waals surface area contributed by atoms with Crippen LogP contribution in [0.1, 0.15) is 67.3 Å². The van der Waals surface area contributed by atoms with E-state index in [9.17, 15) is 0 Å². The first kappa shape index (κ1) is 23.4. The summed E-state index contributed by atoms with van der Waals surface area (Å²) in [6.07, 6.45) is 2.12. The Morgan fingerprint density at radius 1 is 0.800 bits per heavy atom. The van der Waals surface area contributed by atoms with Gasteiger partial charge in [-0.15, -0.1) is 11.3 Å². The quantitative estimate of drug-likeness (QED) is 0.253. The fourth-order valence-electron chi connectivity index (χ4n) is 4.86. The predicted octanol–water partition coefficient (Wildman–Crippen LogP) is 8.75. The molecule has 0 spiro atoms. The van der Waals surface area contributed by atoms with E-state index in [2.05, 4.69) is 129 Å². The molecule has 3 aromatic carbocycles. The molecule has 0 saturated heterocycles. The highest BCUT2D eigenvalue weighted by Gasteiger charge is 2.23. The van der Waals surface area contributed by atoms with Gasteiger partial charge >= 0.3 is 0 Å². The Balaban J connectivity index is 1.61. The van der Waals surface area contributed by atoms with Crippen LogP contribution in [0.15, 0.2) is 84.4 Å². The van der Waals surface area contributed by atoms with E-state index in [0.29, 0.717) is 11.8 Å². The molecule has 0 fully saturated rings. The molecule has 2 heterocycles. The molecular formula is C31H33N3S. The zero-order valence-electron chi connectivity index (χ0n) is 21.1. The summed E-state index contributed by atoms with van der Waals surface area (Å²) in [5, 5.41) is 8.48. The van der Waals surface area contributed by atoms with Gasteiger partial charge in [0.15, 0.2) is 0 Å². The number of hydrogen-bond acceptors (Lipinski definition) is 3. The van der Waals surface area contributed by atoms with Gasteiger partial charge in [-0.05, 0) is 40.7 Å². The number of anilines is 1. The smallest absolute Gasteiger partial charge is 0.120 e. The minimum Gasteiger partial charge on any atom is -0.372 e. The van der Waals surface area contributed by atoms with Crippen LogP contribution in [0.5, 0.6) is 0 Å². The molecule has 35 heavy (non-hydrogen) atoms. The number of aryl methyl sites for hydroxylation is 1. The minimum absolute atomic E-state index is 0.0256. The molecule has 1 atom stereocenters. The molecule has 0 amide bonds. The monoisotopic (exact) mass is 479 g/mol. The van der Waals surface area contributed by atoms with Crippen LogP contribution in [0.25, 0.3) is 22.2 Å². The molecule has 0 aliphatic rings. The van der Waals surface area contributed by atoms with E-state index in [-0.39, 0.29) is 6.04 Å². The van der Waals surface area contributed by atoms with Crippen molar-refractivity contribution in [2.24, 2.45) is 7.05 Å². The second kappa shape index (κ2) is 9.71. The summed E-state index contributed by atoms with van der Waals surface area (Å²) < 4.78 is 2.16. The van der Waals surface area contributed by atoms with Gasteiger partial charge in [0.1, 0.15) is 11.0 Å². The molecule has 0 radical (unpaired) electrons. The van der Waals surface area contributed by atoms with E-state index >= 15 is 0 Å². The van der Waals surface area contributed by atoms with Crippen molar-refractivity contribution in [3.8, 4) is 11.3 Å². The third kappa shape index (κ3) is 4.51. The SMILES string of the molecule is CC(C)c1cccc(C(C)C)c1NC(c1ccccc1)c1nc(-c2cccc3c2ccn3C)cs1. The fraction of sp³-hybridized carbons (Fsp3) is 0.258. The van der Waals surface area contributed by atoms with Gasteiger partial charge in [-0.25, -0.2) is 4.98 Å². The van der Waals surface area contributed by atoms with Crippen molar-refractivity contribution >= 4 is 27.9 Å². The van der Waals surface area contributed by atoms with Gasteiger partial charge < -0.3 is 9.88 Å². The Morgan fingerprint density at radius 3 is 2.17 bits per heavy atom. The van der Waals surface area contributed by atoms with Crippen molar-refractivity contribution in [2.45, 2.75) is 45.6 Å². The second-order valence-corrected chi connectivity index (χ2v) is 10.7. The summed E-state index contributed by atoms with van der Waals surface area (Å²) in [6, 6.07) is 26.0. The Labute approximate surface area is 212 Å². The van der Waals surface area contributed by atoms with Crippen molar-refractivity contribution in [2.75, 3.05) is 5.32 Å². The first-order valence-electron chi connectivity index (χ1n) is 12.4. The van der Waals surface area contributed by atoms with Gasteiger partial charge in [0, 0.05) is 40.8 Å². The van der Waals surface area contributed by atoms with Gasteiger partial charge in [-0.3, -0.25) is 0 Å². The number of benzene rings is 3. The number of para-hydroxylation sites is 1. The summed E-state index contributed by atoms with van der Waals surface area (Å²) in [4.78, 5) is 5.21. The van der Waals surface area contributed by atoms with Crippen molar-refractivity contribution in [3.63, 3.8) is 0 Å². The van der Waals surface area contributed by atoms with Crippen molar-refractivity contribution in [1.82, 2.24) is 9.55 Å². The van der Waals surface area contributed by atoms with E-state index in [1.165, 1.54) is 38.8 Å². The molecule has 0 aliphatic heterocycles. The number of thiazole rings is 1. The zero-order chi connectivity index (χ0) is 24.5. The first-order chi connectivity index (χ1) is 16.9. The first-order valence-corrected chi connectivity index (χ1v) is 13.3. The van der Waals surface area contributed by atoms with Crippen molar-refractivity contribution < 1.29 is 0 Å². The van der Waals surface area contributed by atoms with Crippen LogP contribution >= 0.6 is 11.3 Å². The van der Waals surface area contributed by atoms with Gasteiger partial charge in [0.25, 0.3) is 0 Å². The average Bonchev–Trinajstić information content (AvgIpc) is 3.50. The molecule has 1 unspecified atom stereocenters. The van der Waals surface area contributed by atoms with Crippen LogP contribution in [0.2, 0.25) is 0 Å². The van der Waals surface area contributed by atoms with Crippen LogP contribution in [-0.4, -0.2) is 9.55 Å². The topological polar surface area (TPSA) is 29.9 Å². The van der Waals surface area contributed by atoms with E-state index in [1.807, 2.05) is 0 Å². The zero-order valence-corrected chi connectivity index (χ0v) is 21.9. The van der Waals surface area contributed by atoms with Crippen molar-refractivity contribution in [1.29, 1.82) is 0 Å². The predicted molar refractivity (Wildman–Crippen MR) is 151 cm³/mol. The summed E-state index contributed by atoms with van der Waals surface area (Å²) in [5.41, 5.74) is 8.61. The van der Waals surface area contributed by atoms with Crippen LogP contribution in [0.4, 0.5) is 5.69 Å². The lowest BCUT2D eigenvalue weighted by Crippen LogP contribution is -2.16. The molecule has 2 aromatic heterocycles. The van der Waals surface area contributed by atoms with Crippen LogP contribution < -0.4 is 5.32 Å². The van der Waals surface area contributed by atoms with E-state index < -0.39 is 0 Å². The van der Waals surface area contributed by atoms with Gasteiger partial charge in [-0.2, -0.15) is 0 Å². The number of nitrogens with zero attached hydrogens (tertiary/aromatic N) is 2. The molecule has 0 bridgehead atoms. The number of fused-ring (bicyclic) bond motifs is 1. The molecule has 178 valence electrons. The van der Waals surface area contributed by atoms with E-state index in [0.717, 1.165) is 10.7 Å². The Morgan fingerprint density at radius 2 is 1.49 bits per heavy atom. The summed E-state index contributed by atoms with van der Waals surface area (Å²) >= 11 is 1.73. The Kier molecular flexibility index (Phi) is 6.48. The molecule has 0 saturated carbocycles. The van der Waals surface area contributed by atoms with Crippen LogP contribution in [0, 0.1) is 0 Å². The van der Waals surface area contributed by atoms with Gasteiger partial charge in [-0.1, -0.05) is 88.4 Å². The third-order valence-electron chi connectivity index (χ3n) is 6.77. The molecule has 1 N–H and O–H groups in total. The number of hydrogen-bond donors (Lipinski definition) is 1. The van der Waals surface area contributed by atoms with Crippen LogP contribution in [0.3, 0.4) is 0 Å². The molecule has 4 heteroatoms. The number of nitrogens with one attached hydrogen (secondary N) is 1. The molecular weight excluding hydrogens is 446 g/mol. The molecule has 5 rings (SSSR count). The van der Waals surface area contributed by atoms with Crippen molar-refractivity contribution in [3.05, 3.63) is 106 Å². The lowest BCUT2D eigenvalue weighted by molar-refractivity contribution is 0.820. The fourth-order valence-corrected chi connectivity index (χ4v) is 5.76. The summed E-state index contributed by atoms with van der Waals surface area (Å²) in [6.45, 7) is 9.07. The highest BCUT2D eigenvalue weighted by Crippen LogP contribution is 2.39. The lowest BCUT2D eigenvalue weighted by Gasteiger charge is -2.26. The Bertz CT molecular complexity index is 1420. The highest BCUT2D eigenvalue weighted by atomic mass is 32.1. The standard InChI is InChI=1S/C31H33N3S/c1-20(2)23-13-9-14-24(21(3)4)30(23)33-29(22-11-7-6-8-12-22)31-32-27(19-35-31)25-15-10-16-28-26(25)17-18-34(28)5/h6-21,29,33H,1-5H3. The minimum atomic E-state index is -0.0256.